The largest absolute Gasteiger partial charge is 0.508 e. The second-order valence-corrected chi connectivity index (χ2v) is 4.30. The Morgan fingerprint density at radius 1 is 1.53 bits per heavy atom. The molecule has 1 heterocycles. The minimum atomic E-state index is 0.345. The first-order valence-electron chi connectivity index (χ1n) is 5.44. The molecule has 1 saturated heterocycles. The molecule has 1 aliphatic rings. The Labute approximate surface area is 90.7 Å². The molecule has 0 unspecified atom stereocenters. The molecule has 1 aromatic carbocycles. The van der Waals surface area contributed by atoms with Crippen LogP contribution in [0.1, 0.15) is 12.0 Å². The van der Waals surface area contributed by atoms with Gasteiger partial charge in [-0.05, 0) is 37.7 Å². The predicted octanol–water partition coefficient (Wildman–Crippen LogP) is 1.19. The third kappa shape index (κ3) is 2.94. The fourth-order valence-corrected chi connectivity index (χ4v) is 2.03. The van der Waals surface area contributed by atoms with Crippen molar-refractivity contribution < 1.29 is 5.11 Å². The summed E-state index contributed by atoms with van der Waals surface area (Å²) in [7, 11) is 2.15. The maximum Gasteiger partial charge on any atom is 0.115 e. The van der Waals surface area contributed by atoms with Crippen LogP contribution in [0.2, 0.25) is 0 Å². The molecule has 0 saturated carbocycles. The third-order valence-electron chi connectivity index (χ3n) is 2.90. The maximum atomic E-state index is 9.31. The molecule has 0 spiro atoms. The van der Waals surface area contributed by atoms with Crippen molar-refractivity contribution in [3.63, 3.8) is 0 Å². The molecule has 1 aromatic rings. The molecule has 0 bridgehead atoms. The zero-order valence-corrected chi connectivity index (χ0v) is 9.11. The van der Waals surface area contributed by atoms with Gasteiger partial charge < -0.3 is 15.3 Å². The first kappa shape index (κ1) is 10.5. The number of phenolic OH excluding ortho intramolecular Hbond substituents is 1. The van der Waals surface area contributed by atoms with E-state index >= 15 is 0 Å². The minimum absolute atomic E-state index is 0.345. The van der Waals surface area contributed by atoms with Crippen molar-refractivity contribution >= 4 is 0 Å². The van der Waals surface area contributed by atoms with E-state index in [9.17, 15) is 5.11 Å². The van der Waals surface area contributed by atoms with E-state index in [2.05, 4.69) is 17.3 Å². The summed E-state index contributed by atoms with van der Waals surface area (Å²) < 4.78 is 0. The van der Waals surface area contributed by atoms with Crippen LogP contribution in [0.25, 0.3) is 0 Å². The molecular weight excluding hydrogens is 188 g/mol. The number of aromatic hydroxyl groups is 1. The average Bonchev–Trinajstić information content (AvgIpc) is 2.62. The Kier molecular flexibility index (Phi) is 3.23. The van der Waals surface area contributed by atoms with Crippen LogP contribution >= 0.6 is 0 Å². The second kappa shape index (κ2) is 4.64. The van der Waals surface area contributed by atoms with Gasteiger partial charge in [0.15, 0.2) is 0 Å². The average molecular weight is 206 g/mol. The number of phenols is 1. The summed E-state index contributed by atoms with van der Waals surface area (Å²) in [6.07, 6.45) is 1.22. The number of hydrogen-bond acceptors (Lipinski definition) is 3. The fraction of sp³-hybridized carbons (Fsp3) is 0.500. The van der Waals surface area contributed by atoms with Crippen LogP contribution in [0.3, 0.4) is 0 Å². The van der Waals surface area contributed by atoms with E-state index < -0.39 is 0 Å². The Balaban J connectivity index is 1.83. The zero-order chi connectivity index (χ0) is 10.7. The molecule has 2 rings (SSSR count). The summed E-state index contributed by atoms with van der Waals surface area (Å²) >= 11 is 0. The van der Waals surface area contributed by atoms with Crippen molar-refractivity contribution in [3.8, 4) is 5.75 Å². The number of rotatable bonds is 3. The lowest BCUT2D eigenvalue weighted by Crippen LogP contribution is -2.30. The first-order valence-corrected chi connectivity index (χ1v) is 5.44. The lowest BCUT2D eigenvalue weighted by molar-refractivity contribution is 0.397. The molecule has 0 aliphatic carbocycles. The minimum Gasteiger partial charge on any atom is -0.508 e. The molecule has 0 aromatic heterocycles. The van der Waals surface area contributed by atoms with Crippen LogP contribution in [0.15, 0.2) is 24.3 Å². The van der Waals surface area contributed by atoms with Gasteiger partial charge in [0.25, 0.3) is 0 Å². The molecule has 1 atom stereocenters. The van der Waals surface area contributed by atoms with Gasteiger partial charge in [0.1, 0.15) is 5.75 Å². The molecule has 15 heavy (non-hydrogen) atoms. The summed E-state index contributed by atoms with van der Waals surface area (Å²) in [5.41, 5.74) is 1.14. The normalized spacial score (nSPS) is 22.1. The van der Waals surface area contributed by atoms with E-state index in [-0.39, 0.29) is 0 Å². The first-order chi connectivity index (χ1) is 7.24. The third-order valence-corrected chi connectivity index (χ3v) is 2.90. The van der Waals surface area contributed by atoms with Gasteiger partial charge in [0.2, 0.25) is 0 Å². The van der Waals surface area contributed by atoms with Crippen molar-refractivity contribution in [3.05, 3.63) is 29.8 Å². The van der Waals surface area contributed by atoms with Crippen molar-refractivity contribution in [2.24, 2.45) is 0 Å². The van der Waals surface area contributed by atoms with Crippen molar-refractivity contribution in [1.29, 1.82) is 0 Å². The zero-order valence-electron chi connectivity index (χ0n) is 9.11. The van der Waals surface area contributed by atoms with Gasteiger partial charge in [0, 0.05) is 19.1 Å². The number of likely N-dealkylation sites (tertiary alicyclic amines) is 1. The van der Waals surface area contributed by atoms with Gasteiger partial charge in [-0.15, -0.1) is 0 Å². The molecule has 3 heteroatoms. The van der Waals surface area contributed by atoms with Crippen LogP contribution in [0.5, 0.6) is 5.75 Å². The second-order valence-electron chi connectivity index (χ2n) is 4.30. The quantitative estimate of drug-likeness (QED) is 0.779. The van der Waals surface area contributed by atoms with Gasteiger partial charge in [-0.25, -0.2) is 0 Å². The Bertz CT molecular complexity index is 327. The number of benzene rings is 1. The number of likely N-dealkylation sites (N-methyl/N-ethyl adjacent to an activating group) is 1. The number of hydrogen-bond donors (Lipinski definition) is 2. The number of nitrogens with one attached hydrogen (secondary N) is 1. The van der Waals surface area contributed by atoms with Gasteiger partial charge in [0.05, 0.1) is 0 Å². The van der Waals surface area contributed by atoms with E-state index in [0.717, 1.165) is 18.7 Å². The summed E-state index contributed by atoms with van der Waals surface area (Å²) in [6, 6.07) is 8.02. The fourth-order valence-electron chi connectivity index (χ4n) is 2.03. The highest BCUT2D eigenvalue weighted by atomic mass is 16.3. The molecule has 3 nitrogen and oxygen atoms in total. The van der Waals surface area contributed by atoms with Crippen LogP contribution in [-0.2, 0) is 6.54 Å². The van der Waals surface area contributed by atoms with E-state index in [0.29, 0.717) is 11.8 Å². The van der Waals surface area contributed by atoms with Crippen LogP contribution in [0.4, 0.5) is 0 Å². The Morgan fingerprint density at radius 3 is 3.07 bits per heavy atom. The molecule has 2 N–H and O–H groups in total. The summed E-state index contributed by atoms with van der Waals surface area (Å²) in [5, 5.41) is 12.8. The summed E-state index contributed by atoms with van der Waals surface area (Å²) in [4.78, 5) is 2.33. The van der Waals surface area contributed by atoms with E-state index in [1.807, 2.05) is 18.2 Å². The monoisotopic (exact) mass is 206 g/mol. The van der Waals surface area contributed by atoms with Crippen LogP contribution < -0.4 is 5.32 Å². The molecule has 1 fully saturated rings. The van der Waals surface area contributed by atoms with Crippen LogP contribution in [0, 0.1) is 0 Å². The summed E-state index contributed by atoms with van der Waals surface area (Å²) in [5.74, 6) is 0.345. The van der Waals surface area contributed by atoms with E-state index in [1.54, 1.807) is 6.07 Å². The lowest BCUT2D eigenvalue weighted by atomic mass is 10.2. The maximum absolute atomic E-state index is 9.31. The molecular formula is C12H18N2O. The van der Waals surface area contributed by atoms with Gasteiger partial charge in [-0.3, -0.25) is 0 Å². The highest BCUT2D eigenvalue weighted by Gasteiger charge is 2.18. The Hall–Kier alpha value is -1.06. The summed E-state index contributed by atoms with van der Waals surface area (Å²) in [6.45, 7) is 3.14. The van der Waals surface area contributed by atoms with Crippen molar-refractivity contribution in [2.75, 3.05) is 20.1 Å². The molecule has 1 aliphatic heterocycles. The Morgan fingerprint density at radius 2 is 2.40 bits per heavy atom. The number of nitrogens with zero attached hydrogens (tertiary/aromatic N) is 1. The van der Waals surface area contributed by atoms with Crippen molar-refractivity contribution in [1.82, 2.24) is 10.2 Å². The van der Waals surface area contributed by atoms with E-state index in [1.165, 1.54) is 13.0 Å². The molecule has 0 amide bonds. The lowest BCUT2D eigenvalue weighted by Gasteiger charge is -2.12. The van der Waals surface area contributed by atoms with Crippen molar-refractivity contribution in [2.45, 2.75) is 19.0 Å². The predicted molar refractivity (Wildman–Crippen MR) is 60.8 cm³/mol. The highest BCUT2D eigenvalue weighted by molar-refractivity contribution is 5.26. The van der Waals surface area contributed by atoms with Crippen LogP contribution in [-0.4, -0.2) is 36.2 Å². The highest BCUT2D eigenvalue weighted by Crippen LogP contribution is 2.12. The molecule has 0 radical (unpaired) electrons. The standard InChI is InChI=1S/C12H18N2O/c1-14-6-5-11(9-14)13-8-10-3-2-4-12(15)7-10/h2-4,7,11,13,15H,5-6,8-9H2,1H3/t11-/m1/s1. The molecule has 82 valence electrons. The van der Waals surface area contributed by atoms with Gasteiger partial charge in [-0.1, -0.05) is 12.1 Å². The van der Waals surface area contributed by atoms with Gasteiger partial charge >= 0.3 is 0 Å². The smallest absolute Gasteiger partial charge is 0.115 e. The topological polar surface area (TPSA) is 35.5 Å². The van der Waals surface area contributed by atoms with Gasteiger partial charge in [-0.2, -0.15) is 0 Å². The van der Waals surface area contributed by atoms with E-state index in [4.69, 9.17) is 0 Å². The SMILES string of the molecule is CN1CC[C@@H](NCc2cccc(O)c2)C1.